The van der Waals surface area contributed by atoms with Crippen LogP contribution in [-0.4, -0.2) is 18.8 Å². The molecule has 0 aliphatic heterocycles. The summed E-state index contributed by atoms with van der Waals surface area (Å²) < 4.78 is 11.3. The topological polar surface area (TPSA) is 42.2 Å². The third-order valence-corrected chi connectivity index (χ3v) is 2.90. The molecule has 0 heterocycles. The molecule has 0 bridgehead atoms. The summed E-state index contributed by atoms with van der Waals surface area (Å²) in [6, 6.07) is 9.38. The molecule has 0 spiro atoms. The lowest BCUT2D eigenvalue weighted by Crippen LogP contribution is -2.24. The second kappa shape index (κ2) is 7.03. The van der Waals surface area contributed by atoms with Crippen molar-refractivity contribution in [2.75, 3.05) is 13.2 Å². The van der Waals surface area contributed by atoms with Crippen molar-refractivity contribution >= 4 is 0 Å². The van der Waals surface area contributed by atoms with Crippen molar-refractivity contribution in [3.8, 4) is 11.8 Å². The monoisotopic (exact) mass is 247 g/mol. The van der Waals surface area contributed by atoms with Gasteiger partial charge in [0.2, 0.25) is 0 Å². The van der Waals surface area contributed by atoms with Gasteiger partial charge in [0.15, 0.2) is 0 Å². The van der Waals surface area contributed by atoms with E-state index in [1.807, 2.05) is 18.2 Å². The van der Waals surface area contributed by atoms with Crippen LogP contribution in [0.3, 0.4) is 0 Å². The molecule has 18 heavy (non-hydrogen) atoms. The second-order valence-corrected chi connectivity index (χ2v) is 4.77. The van der Waals surface area contributed by atoms with Crippen LogP contribution in [0.25, 0.3) is 0 Å². The van der Waals surface area contributed by atoms with E-state index in [1.54, 1.807) is 6.07 Å². The quantitative estimate of drug-likeness (QED) is 0.692. The standard InChI is InChI=1S/C15H21NO2/c1-4-15(2,3)18-11-7-10-17-14-9-6-5-8-13(14)12-16/h5-6,8-9H,4,7,10-11H2,1-3H3. The number of rotatable bonds is 7. The van der Waals surface area contributed by atoms with Crippen molar-refractivity contribution in [2.24, 2.45) is 0 Å². The summed E-state index contributed by atoms with van der Waals surface area (Å²) in [5.74, 6) is 0.648. The fourth-order valence-corrected chi connectivity index (χ4v) is 1.38. The van der Waals surface area contributed by atoms with Crippen LogP contribution < -0.4 is 4.74 Å². The van der Waals surface area contributed by atoms with Gasteiger partial charge in [-0.2, -0.15) is 5.26 Å². The van der Waals surface area contributed by atoms with E-state index in [1.165, 1.54) is 0 Å². The van der Waals surface area contributed by atoms with Gasteiger partial charge in [0.05, 0.1) is 24.4 Å². The predicted molar refractivity (Wildman–Crippen MR) is 71.6 cm³/mol. The molecule has 0 amide bonds. The van der Waals surface area contributed by atoms with Crippen molar-refractivity contribution in [1.29, 1.82) is 5.26 Å². The number of benzene rings is 1. The van der Waals surface area contributed by atoms with Gasteiger partial charge in [-0.1, -0.05) is 19.1 Å². The van der Waals surface area contributed by atoms with E-state index in [0.29, 0.717) is 24.5 Å². The third-order valence-electron chi connectivity index (χ3n) is 2.90. The summed E-state index contributed by atoms with van der Waals surface area (Å²) in [5, 5.41) is 8.91. The zero-order valence-electron chi connectivity index (χ0n) is 11.4. The SMILES string of the molecule is CCC(C)(C)OCCCOc1ccccc1C#N. The van der Waals surface area contributed by atoms with Crippen LogP contribution in [0, 0.1) is 11.3 Å². The van der Waals surface area contributed by atoms with Crippen LogP contribution in [0.15, 0.2) is 24.3 Å². The molecule has 0 aromatic heterocycles. The minimum absolute atomic E-state index is 0.0649. The van der Waals surface area contributed by atoms with Crippen molar-refractivity contribution < 1.29 is 9.47 Å². The van der Waals surface area contributed by atoms with E-state index >= 15 is 0 Å². The predicted octanol–water partition coefficient (Wildman–Crippen LogP) is 3.53. The van der Waals surface area contributed by atoms with E-state index in [0.717, 1.165) is 12.8 Å². The maximum Gasteiger partial charge on any atom is 0.137 e. The lowest BCUT2D eigenvalue weighted by molar-refractivity contribution is -0.0241. The van der Waals surface area contributed by atoms with Gasteiger partial charge in [0.25, 0.3) is 0 Å². The molecule has 3 heteroatoms. The van der Waals surface area contributed by atoms with E-state index < -0.39 is 0 Å². The Morgan fingerprint density at radius 3 is 2.61 bits per heavy atom. The lowest BCUT2D eigenvalue weighted by Gasteiger charge is -2.23. The van der Waals surface area contributed by atoms with Gasteiger partial charge in [-0.3, -0.25) is 0 Å². The fourth-order valence-electron chi connectivity index (χ4n) is 1.38. The number of nitriles is 1. The highest BCUT2D eigenvalue weighted by atomic mass is 16.5. The molecular formula is C15H21NO2. The van der Waals surface area contributed by atoms with E-state index in [2.05, 4.69) is 26.8 Å². The minimum Gasteiger partial charge on any atom is -0.492 e. The van der Waals surface area contributed by atoms with Gasteiger partial charge in [0, 0.05) is 6.42 Å². The Morgan fingerprint density at radius 2 is 1.94 bits per heavy atom. The highest BCUT2D eigenvalue weighted by molar-refractivity contribution is 5.42. The summed E-state index contributed by atoms with van der Waals surface area (Å²) in [5.41, 5.74) is 0.511. The summed E-state index contributed by atoms with van der Waals surface area (Å²) in [6.45, 7) is 7.52. The average molecular weight is 247 g/mol. The van der Waals surface area contributed by atoms with Gasteiger partial charge in [-0.25, -0.2) is 0 Å². The van der Waals surface area contributed by atoms with Crippen LogP contribution in [0.2, 0.25) is 0 Å². The Bertz CT molecular complexity index is 407. The Hall–Kier alpha value is -1.53. The largest absolute Gasteiger partial charge is 0.492 e. The Balaban J connectivity index is 2.29. The third kappa shape index (κ3) is 4.77. The fraction of sp³-hybridized carbons (Fsp3) is 0.533. The van der Waals surface area contributed by atoms with Crippen LogP contribution in [0.4, 0.5) is 0 Å². The highest BCUT2D eigenvalue weighted by Gasteiger charge is 2.14. The zero-order chi connectivity index (χ0) is 13.4. The zero-order valence-corrected chi connectivity index (χ0v) is 11.4. The minimum atomic E-state index is -0.0649. The smallest absolute Gasteiger partial charge is 0.137 e. The molecule has 0 unspecified atom stereocenters. The molecule has 0 saturated heterocycles. The van der Waals surface area contributed by atoms with E-state index in [4.69, 9.17) is 14.7 Å². The van der Waals surface area contributed by atoms with Crippen molar-refractivity contribution in [2.45, 2.75) is 39.2 Å². The molecular weight excluding hydrogens is 226 g/mol. The molecule has 0 aliphatic rings. The lowest BCUT2D eigenvalue weighted by atomic mass is 10.1. The van der Waals surface area contributed by atoms with Crippen LogP contribution in [0.1, 0.15) is 39.2 Å². The van der Waals surface area contributed by atoms with E-state index in [9.17, 15) is 0 Å². The second-order valence-electron chi connectivity index (χ2n) is 4.77. The van der Waals surface area contributed by atoms with Crippen molar-refractivity contribution in [1.82, 2.24) is 0 Å². The normalized spacial score (nSPS) is 11.0. The summed E-state index contributed by atoms with van der Waals surface area (Å²) in [7, 11) is 0. The van der Waals surface area contributed by atoms with Gasteiger partial charge in [-0.05, 0) is 32.4 Å². The highest BCUT2D eigenvalue weighted by Crippen LogP contribution is 2.17. The molecule has 0 saturated carbocycles. The van der Waals surface area contributed by atoms with Crippen LogP contribution in [0.5, 0.6) is 5.75 Å². The first-order valence-electron chi connectivity index (χ1n) is 6.35. The van der Waals surface area contributed by atoms with E-state index in [-0.39, 0.29) is 5.60 Å². The first-order chi connectivity index (χ1) is 8.59. The Labute approximate surface area is 109 Å². The van der Waals surface area contributed by atoms with Gasteiger partial charge in [0.1, 0.15) is 11.8 Å². The molecule has 1 aromatic rings. The first-order valence-corrected chi connectivity index (χ1v) is 6.35. The number of hydrogen-bond acceptors (Lipinski definition) is 3. The molecule has 0 N–H and O–H groups in total. The molecule has 0 fully saturated rings. The Kier molecular flexibility index (Phi) is 5.67. The van der Waals surface area contributed by atoms with Gasteiger partial charge in [-0.15, -0.1) is 0 Å². The van der Waals surface area contributed by atoms with Crippen molar-refractivity contribution in [3.05, 3.63) is 29.8 Å². The average Bonchev–Trinajstić information content (AvgIpc) is 2.38. The maximum absolute atomic E-state index is 8.91. The molecule has 3 nitrogen and oxygen atoms in total. The maximum atomic E-state index is 8.91. The molecule has 1 aromatic carbocycles. The number of ether oxygens (including phenoxy) is 2. The van der Waals surface area contributed by atoms with Crippen LogP contribution in [-0.2, 0) is 4.74 Å². The Morgan fingerprint density at radius 1 is 1.22 bits per heavy atom. The van der Waals surface area contributed by atoms with Gasteiger partial charge < -0.3 is 9.47 Å². The number of nitrogens with zero attached hydrogens (tertiary/aromatic N) is 1. The van der Waals surface area contributed by atoms with Crippen molar-refractivity contribution in [3.63, 3.8) is 0 Å². The van der Waals surface area contributed by atoms with Gasteiger partial charge >= 0.3 is 0 Å². The summed E-state index contributed by atoms with van der Waals surface area (Å²) in [4.78, 5) is 0. The van der Waals surface area contributed by atoms with Crippen LogP contribution >= 0.6 is 0 Å². The summed E-state index contributed by atoms with van der Waals surface area (Å²) in [6.07, 6.45) is 1.81. The molecule has 0 radical (unpaired) electrons. The molecule has 1 rings (SSSR count). The molecule has 0 atom stereocenters. The summed E-state index contributed by atoms with van der Waals surface area (Å²) >= 11 is 0. The first kappa shape index (κ1) is 14.5. The molecule has 98 valence electrons. The molecule has 0 aliphatic carbocycles. The number of hydrogen-bond donors (Lipinski definition) is 0. The number of para-hydroxylation sites is 1.